The first kappa shape index (κ1) is 34.7. The fraction of sp³-hybridized carbons (Fsp3) is 0.583. The Morgan fingerprint density at radius 3 is 2.60 bits per heavy atom. The highest BCUT2D eigenvalue weighted by Gasteiger charge is 2.62. The van der Waals surface area contributed by atoms with Crippen LogP contribution >= 0.6 is 11.3 Å². The molecule has 12 nitrogen and oxygen atoms in total. The van der Waals surface area contributed by atoms with Crippen LogP contribution in [0.5, 0.6) is 11.5 Å². The van der Waals surface area contributed by atoms with Gasteiger partial charge in [0.25, 0.3) is 5.91 Å². The van der Waals surface area contributed by atoms with Crippen molar-refractivity contribution in [2.24, 2.45) is 5.92 Å². The van der Waals surface area contributed by atoms with Gasteiger partial charge in [-0.3, -0.25) is 19.1 Å². The Morgan fingerprint density at radius 1 is 1.08 bits per heavy atom. The van der Waals surface area contributed by atoms with Gasteiger partial charge in [-0.25, -0.2) is 18.4 Å². The third-order valence-electron chi connectivity index (χ3n) is 10.5. The molecule has 0 spiro atoms. The second kappa shape index (κ2) is 13.7. The molecule has 50 heavy (non-hydrogen) atoms. The van der Waals surface area contributed by atoms with Gasteiger partial charge < -0.3 is 19.7 Å². The number of benzene rings is 1. The minimum atomic E-state index is -3.80. The van der Waals surface area contributed by atoms with Crippen LogP contribution in [0.1, 0.15) is 96.1 Å². The molecule has 4 fully saturated rings. The zero-order valence-electron chi connectivity index (χ0n) is 28.8. The third-order valence-corrected chi connectivity index (χ3v) is 13.2. The maximum absolute atomic E-state index is 14.1. The molecule has 1 aromatic carbocycles. The number of thiazole rings is 1. The Labute approximate surface area is 296 Å². The molecule has 2 saturated carbocycles. The number of pyridine rings is 1. The van der Waals surface area contributed by atoms with E-state index in [0.717, 1.165) is 54.6 Å². The van der Waals surface area contributed by atoms with Crippen LogP contribution < -0.4 is 19.5 Å². The Morgan fingerprint density at radius 2 is 1.86 bits per heavy atom. The minimum Gasteiger partial charge on any atom is -0.497 e. The highest BCUT2D eigenvalue weighted by Crippen LogP contribution is 2.48. The van der Waals surface area contributed by atoms with Crippen LogP contribution in [0.4, 0.5) is 0 Å². The fourth-order valence-electron chi connectivity index (χ4n) is 7.26. The third kappa shape index (κ3) is 7.05. The van der Waals surface area contributed by atoms with Crippen LogP contribution in [-0.2, 0) is 24.4 Å². The number of methoxy groups -OCH3 is 1. The second-order valence-corrected chi connectivity index (χ2v) is 17.3. The number of ether oxygens (including phenoxy) is 2. The lowest BCUT2D eigenvalue weighted by molar-refractivity contribution is -0.140. The zero-order valence-corrected chi connectivity index (χ0v) is 30.4. The van der Waals surface area contributed by atoms with Crippen LogP contribution in [0, 0.1) is 5.92 Å². The predicted octanol–water partition coefficient (Wildman–Crippen LogP) is 5.07. The molecule has 2 saturated heterocycles. The first-order valence-electron chi connectivity index (χ1n) is 17.8. The number of aromatic nitrogens is 2. The zero-order chi connectivity index (χ0) is 35.2. The summed E-state index contributed by atoms with van der Waals surface area (Å²) >= 11 is 1.51. The van der Waals surface area contributed by atoms with Crippen molar-refractivity contribution in [3.8, 4) is 22.2 Å². The number of nitrogens with one attached hydrogen (secondary N) is 2. The fourth-order valence-corrected chi connectivity index (χ4v) is 9.56. The lowest BCUT2D eigenvalue weighted by atomic mass is 10.0. The summed E-state index contributed by atoms with van der Waals surface area (Å²) in [5.74, 6) is 0.0333. The molecule has 0 unspecified atom stereocenters. The molecule has 2 aliphatic heterocycles. The molecule has 2 aliphatic carbocycles. The SMILES string of the molecule is COc1ccc2c(O[C@@H]3C[C@H]4C(=O)N[C@]5(C(=O)NS(=O)(=O)C6CC6)C[C@H]5CCCCCCCC(=O)N4C3)cc(-c3nc(C(C)C)cs3)nc2c1. The summed E-state index contributed by atoms with van der Waals surface area (Å²) in [6, 6.07) is 6.55. The second-order valence-electron chi connectivity index (χ2n) is 14.5. The van der Waals surface area contributed by atoms with E-state index in [1.165, 1.54) is 11.3 Å². The van der Waals surface area contributed by atoms with Crippen LogP contribution in [0.25, 0.3) is 21.6 Å². The molecule has 7 rings (SSSR count). The molecular formula is C36H45N5O7S2. The maximum Gasteiger partial charge on any atom is 0.259 e. The Kier molecular flexibility index (Phi) is 9.52. The summed E-state index contributed by atoms with van der Waals surface area (Å²) in [4.78, 5) is 52.7. The van der Waals surface area contributed by atoms with Gasteiger partial charge in [-0.05, 0) is 56.1 Å². The molecule has 3 amide bonds. The van der Waals surface area contributed by atoms with Crippen LogP contribution in [0.2, 0.25) is 0 Å². The Balaban J connectivity index is 1.17. The summed E-state index contributed by atoms with van der Waals surface area (Å²) in [5.41, 5.74) is 0.980. The number of fused-ring (bicyclic) bond motifs is 3. The van der Waals surface area contributed by atoms with Gasteiger partial charge in [-0.15, -0.1) is 11.3 Å². The number of rotatable bonds is 8. The first-order chi connectivity index (χ1) is 24.0. The van der Waals surface area contributed by atoms with Gasteiger partial charge in [0.15, 0.2) is 0 Å². The molecule has 4 atom stereocenters. The average Bonchev–Trinajstić information content (AvgIpc) is 3.96. The monoisotopic (exact) mass is 723 g/mol. The summed E-state index contributed by atoms with van der Waals surface area (Å²) in [6.07, 6.45) is 6.57. The number of sulfonamides is 1. The van der Waals surface area contributed by atoms with Crippen LogP contribution in [0.3, 0.4) is 0 Å². The van der Waals surface area contributed by atoms with Crippen molar-refractivity contribution in [2.75, 3.05) is 13.7 Å². The topological polar surface area (TPSA) is 157 Å². The number of hydrogen-bond donors (Lipinski definition) is 2. The molecule has 2 N–H and O–H groups in total. The van der Waals surface area contributed by atoms with E-state index in [9.17, 15) is 22.8 Å². The van der Waals surface area contributed by atoms with Gasteiger partial charge in [0.1, 0.15) is 39.9 Å². The Hall–Kier alpha value is -3.78. The summed E-state index contributed by atoms with van der Waals surface area (Å²) in [5, 5.41) is 5.95. The standard InChI is InChI=1S/C36H45N5O7S2/c1-21(2)29-20-49-34(38-29)28-17-31(26-14-11-23(47-3)15-27(26)37-28)48-24-16-30-33(43)39-36(35(44)40-50(45,46)25-12-13-25)18-22(36)9-7-5-4-6-8-10-32(42)41(30)19-24/h11,14-15,17,20-22,24-25,30H,4-10,12-13,16,18-19H2,1-3H3,(H,39,43)(H,40,44)/t22-,24-,30+,36-/m1/s1. The lowest BCUT2D eigenvalue weighted by Crippen LogP contribution is -2.56. The number of carbonyl (C=O) groups is 3. The molecule has 0 radical (unpaired) electrons. The predicted molar refractivity (Wildman–Crippen MR) is 189 cm³/mol. The van der Waals surface area contributed by atoms with E-state index in [2.05, 4.69) is 23.9 Å². The van der Waals surface area contributed by atoms with E-state index in [1.54, 1.807) is 12.0 Å². The van der Waals surface area contributed by atoms with Crippen molar-refractivity contribution >= 4 is 50.0 Å². The van der Waals surface area contributed by atoms with Crippen molar-refractivity contribution in [1.82, 2.24) is 24.9 Å². The molecule has 3 aromatic rings. The van der Waals surface area contributed by atoms with E-state index < -0.39 is 44.8 Å². The van der Waals surface area contributed by atoms with Gasteiger partial charge in [0.05, 0.1) is 30.1 Å². The van der Waals surface area contributed by atoms with Gasteiger partial charge in [0.2, 0.25) is 21.8 Å². The molecule has 14 heteroatoms. The maximum atomic E-state index is 14.1. The van der Waals surface area contributed by atoms with E-state index >= 15 is 0 Å². The van der Waals surface area contributed by atoms with Crippen molar-refractivity contribution in [3.05, 3.63) is 35.3 Å². The van der Waals surface area contributed by atoms with Gasteiger partial charge in [0, 0.05) is 35.7 Å². The van der Waals surface area contributed by atoms with Crippen molar-refractivity contribution in [1.29, 1.82) is 0 Å². The lowest BCUT2D eigenvalue weighted by Gasteiger charge is -2.27. The molecule has 4 aliphatic rings. The van der Waals surface area contributed by atoms with Crippen LogP contribution in [0.15, 0.2) is 29.6 Å². The van der Waals surface area contributed by atoms with E-state index in [0.29, 0.717) is 48.4 Å². The molecule has 4 heterocycles. The smallest absolute Gasteiger partial charge is 0.259 e. The molecule has 2 aromatic heterocycles. The normalized spacial score (nSPS) is 26.2. The Bertz CT molecular complexity index is 1910. The average molecular weight is 724 g/mol. The van der Waals surface area contributed by atoms with Gasteiger partial charge >= 0.3 is 0 Å². The number of hydrogen-bond acceptors (Lipinski definition) is 10. The van der Waals surface area contributed by atoms with Crippen molar-refractivity contribution in [2.45, 2.75) is 113 Å². The largest absolute Gasteiger partial charge is 0.497 e. The van der Waals surface area contributed by atoms with E-state index in [4.69, 9.17) is 19.4 Å². The minimum absolute atomic E-state index is 0.135. The highest BCUT2D eigenvalue weighted by molar-refractivity contribution is 7.91. The molecule has 0 bridgehead atoms. The molecular weight excluding hydrogens is 679 g/mol. The van der Waals surface area contributed by atoms with Crippen molar-refractivity contribution in [3.63, 3.8) is 0 Å². The summed E-state index contributed by atoms with van der Waals surface area (Å²) in [6.45, 7) is 4.37. The number of carbonyl (C=O) groups excluding carboxylic acids is 3. The molecule has 268 valence electrons. The highest BCUT2D eigenvalue weighted by atomic mass is 32.2. The van der Waals surface area contributed by atoms with Crippen LogP contribution in [-0.4, -0.2) is 77.6 Å². The quantitative estimate of drug-likeness (QED) is 0.324. The number of nitrogens with zero attached hydrogens (tertiary/aromatic N) is 3. The van der Waals surface area contributed by atoms with E-state index in [-0.39, 0.29) is 30.7 Å². The first-order valence-corrected chi connectivity index (χ1v) is 20.2. The summed E-state index contributed by atoms with van der Waals surface area (Å²) in [7, 11) is -2.20. The number of amides is 3. The van der Waals surface area contributed by atoms with Gasteiger partial charge in [-0.1, -0.05) is 39.5 Å². The summed E-state index contributed by atoms with van der Waals surface area (Å²) < 4.78 is 39.9. The van der Waals surface area contributed by atoms with Gasteiger partial charge in [-0.2, -0.15) is 0 Å². The van der Waals surface area contributed by atoms with Crippen molar-refractivity contribution < 1.29 is 32.3 Å². The van der Waals surface area contributed by atoms with E-state index in [1.807, 2.05) is 29.6 Å².